The van der Waals surface area contributed by atoms with Crippen molar-refractivity contribution >= 4 is 11.9 Å². The van der Waals surface area contributed by atoms with E-state index in [4.69, 9.17) is 8.85 Å². The van der Waals surface area contributed by atoms with E-state index >= 15 is 0 Å². The van der Waals surface area contributed by atoms with Crippen molar-refractivity contribution in [3.05, 3.63) is 23.4 Å². The van der Waals surface area contributed by atoms with E-state index < -0.39 is 12.5 Å². The molecule has 5 nitrogen and oxygen atoms in total. The summed E-state index contributed by atoms with van der Waals surface area (Å²) in [5, 5.41) is 3.42. The molecular weight excluding hydrogens is 278 g/mol. The van der Waals surface area contributed by atoms with Crippen LogP contribution in [0.25, 0.3) is 0 Å². The summed E-state index contributed by atoms with van der Waals surface area (Å²) in [6.45, 7) is 4.50. The molecule has 0 aliphatic carbocycles. The Bertz CT molecular complexity index is 685. The van der Waals surface area contributed by atoms with E-state index in [1.165, 1.54) is 0 Å². The fourth-order valence-corrected chi connectivity index (χ4v) is 3.15. The highest BCUT2D eigenvalue weighted by molar-refractivity contribution is 5.69. The number of hydrogen-bond acceptors (Lipinski definition) is 4. The number of hydrogen-bond donors (Lipinski definition) is 1. The van der Waals surface area contributed by atoms with Crippen molar-refractivity contribution < 1.29 is 13.6 Å². The normalized spacial score (nSPS) is 26.7. The van der Waals surface area contributed by atoms with E-state index in [0.717, 1.165) is 24.8 Å². The summed E-state index contributed by atoms with van der Waals surface area (Å²) >= 11 is 0. The maximum absolute atomic E-state index is 12.3. The van der Waals surface area contributed by atoms with Crippen molar-refractivity contribution in [1.82, 2.24) is 9.88 Å². The molecule has 22 heavy (non-hydrogen) atoms. The molecule has 1 atom stereocenters. The standard InChI is InChI=1S/C17H25N3O2/c1-12-5-6-13-7-8-17(19-14(13)18-12)9-10-20(11-17)15(21)22-16(2,3)4/h5-6H,7-11H2,1-4H3,(H,18,19)/i1D3. The van der Waals surface area contributed by atoms with Crippen LogP contribution in [0.5, 0.6) is 0 Å². The van der Waals surface area contributed by atoms with Crippen molar-refractivity contribution in [2.75, 3.05) is 18.4 Å². The number of aryl methyl sites for hydroxylation is 2. The molecule has 1 spiro atoms. The largest absolute Gasteiger partial charge is 0.444 e. The van der Waals surface area contributed by atoms with Crippen molar-refractivity contribution in [3.8, 4) is 0 Å². The highest BCUT2D eigenvalue weighted by Crippen LogP contribution is 2.36. The second-order valence-corrected chi connectivity index (χ2v) is 7.26. The van der Waals surface area contributed by atoms with Crippen LogP contribution in [-0.4, -0.2) is 40.2 Å². The number of likely N-dealkylation sites (tertiary alicyclic amines) is 1. The van der Waals surface area contributed by atoms with E-state index in [9.17, 15) is 4.79 Å². The summed E-state index contributed by atoms with van der Waals surface area (Å²) in [7, 11) is 0. The average molecular weight is 306 g/mol. The molecule has 1 amide bonds. The molecule has 5 heteroatoms. The van der Waals surface area contributed by atoms with Crippen LogP contribution in [0, 0.1) is 6.85 Å². The molecule has 1 saturated heterocycles. The number of nitrogens with zero attached hydrogens (tertiary/aromatic N) is 2. The Labute approximate surface area is 136 Å². The van der Waals surface area contributed by atoms with E-state index in [-0.39, 0.29) is 17.3 Å². The first-order chi connectivity index (χ1) is 11.5. The number of carbonyl (C=O) groups excluding carboxylic acids is 1. The highest BCUT2D eigenvalue weighted by atomic mass is 16.6. The molecule has 3 heterocycles. The zero-order chi connectivity index (χ0) is 18.5. The minimum Gasteiger partial charge on any atom is -0.444 e. The lowest BCUT2D eigenvalue weighted by molar-refractivity contribution is 0.0285. The monoisotopic (exact) mass is 306 g/mol. The lowest BCUT2D eigenvalue weighted by Crippen LogP contribution is -2.46. The summed E-state index contributed by atoms with van der Waals surface area (Å²) in [6, 6.07) is 3.41. The summed E-state index contributed by atoms with van der Waals surface area (Å²) in [6.07, 6.45) is 2.19. The molecule has 1 N–H and O–H groups in total. The average Bonchev–Trinajstić information content (AvgIpc) is 2.88. The Morgan fingerprint density at radius 1 is 1.45 bits per heavy atom. The van der Waals surface area contributed by atoms with Crippen LogP contribution in [-0.2, 0) is 11.2 Å². The van der Waals surface area contributed by atoms with Crippen LogP contribution in [0.3, 0.4) is 0 Å². The van der Waals surface area contributed by atoms with Gasteiger partial charge in [0.05, 0.1) is 5.54 Å². The predicted octanol–water partition coefficient (Wildman–Crippen LogP) is 3.13. The van der Waals surface area contributed by atoms with Crippen molar-refractivity contribution in [3.63, 3.8) is 0 Å². The van der Waals surface area contributed by atoms with Gasteiger partial charge in [0.25, 0.3) is 0 Å². The van der Waals surface area contributed by atoms with Crippen molar-refractivity contribution in [2.24, 2.45) is 0 Å². The topological polar surface area (TPSA) is 54.5 Å². The second kappa shape index (κ2) is 5.14. The molecule has 3 rings (SSSR count). The first-order valence-corrected chi connectivity index (χ1v) is 7.74. The number of aromatic nitrogens is 1. The molecule has 1 unspecified atom stereocenters. The molecule has 0 aromatic carbocycles. The summed E-state index contributed by atoms with van der Waals surface area (Å²) < 4.78 is 28.1. The van der Waals surface area contributed by atoms with E-state index in [0.29, 0.717) is 18.9 Å². The Kier molecular flexibility index (Phi) is 2.75. The van der Waals surface area contributed by atoms with E-state index in [2.05, 4.69) is 10.3 Å². The molecule has 1 fully saturated rings. The molecule has 1 aromatic rings. The van der Waals surface area contributed by atoms with Gasteiger partial charge in [-0.3, -0.25) is 0 Å². The SMILES string of the molecule is [2H]C([2H])([2H])c1ccc2c(n1)NC1(CC2)CCN(C(=O)OC(C)(C)C)C1. The number of pyridine rings is 1. The summed E-state index contributed by atoms with van der Waals surface area (Å²) in [5.74, 6) is 0.630. The molecular formula is C17H25N3O2. The predicted molar refractivity (Wildman–Crippen MR) is 86.1 cm³/mol. The second-order valence-electron chi connectivity index (χ2n) is 7.26. The Morgan fingerprint density at radius 3 is 3.00 bits per heavy atom. The Hall–Kier alpha value is -1.78. The number of nitrogens with one attached hydrogen (secondary N) is 1. The van der Waals surface area contributed by atoms with Crippen LogP contribution in [0.2, 0.25) is 0 Å². The van der Waals surface area contributed by atoms with Crippen LogP contribution >= 0.6 is 0 Å². The minimum atomic E-state index is -2.22. The molecule has 0 saturated carbocycles. The van der Waals surface area contributed by atoms with E-state index in [1.54, 1.807) is 11.0 Å². The third-order valence-corrected chi connectivity index (χ3v) is 4.24. The molecule has 0 bridgehead atoms. The molecule has 120 valence electrons. The lowest BCUT2D eigenvalue weighted by Gasteiger charge is -2.36. The number of rotatable bonds is 0. The van der Waals surface area contributed by atoms with E-state index in [1.807, 2.05) is 26.8 Å². The number of ether oxygens (including phenoxy) is 1. The number of carbonyl (C=O) groups is 1. The van der Waals surface area contributed by atoms with Gasteiger partial charge < -0.3 is 15.0 Å². The van der Waals surface area contributed by atoms with Gasteiger partial charge in [0.2, 0.25) is 0 Å². The number of anilines is 1. The quantitative estimate of drug-likeness (QED) is 0.800. The maximum Gasteiger partial charge on any atom is 0.410 e. The van der Waals surface area contributed by atoms with Gasteiger partial charge in [0.15, 0.2) is 0 Å². The van der Waals surface area contributed by atoms with Crippen LogP contribution in [0.15, 0.2) is 12.1 Å². The van der Waals surface area contributed by atoms with Crippen LogP contribution in [0.1, 0.15) is 49.0 Å². The first-order valence-electron chi connectivity index (χ1n) is 9.24. The zero-order valence-electron chi connectivity index (χ0n) is 16.4. The fourth-order valence-electron chi connectivity index (χ4n) is 3.15. The number of amides is 1. The molecule has 2 aliphatic rings. The fraction of sp³-hybridized carbons (Fsp3) is 0.647. The maximum atomic E-state index is 12.3. The highest BCUT2D eigenvalue weighted by Gasteiger charge is 2.43. The van der Waals surface area contributed by atoms with Crippen molar-refractivity contribution in [2.45, 2.75) is 58.0 Å². The smallest absolute Gasteiger partial charge is 0.410 e. The summed E-state index contributed by atoms with van der Waals surface area (Å²) in [5.41, 5.74) is 0.340. The minimum absolute atomic E-state index is 0.0952. The number of fused-ring (bicyclic) bond motifs is 1. The van der Waals surface area contributed by atoms with Gasteiger partial charge in [-0.2, -0.15) is 0 Å². The van der Waals surface area contributed by atoms with Gasteiger partial charge in [0.1, 0.15) is 11.4 Å². The zero-order valence-corrected chi connectivity index (χ0v) is 13.4. The summed E-state index contributed by atoms with van der Waals surface area (Å²) in [4.78, 5) is 18.3. The van der Waals surface area contributed by atoms with Gasteiger partial charge in [0, 0.05) is 22.9 Å². The molecule has 1 aromatic heterocycles. The molecule has 0 radical (unpaired) electrons. The van der Waals surface area contributed by atoms with Gasteiger partial charge in [-0.1, -0.05) is 6.07 Å². The lowest BCUT2D eigenvalue weighted by atomic mass is 9.87. The van der Waals surface area contributed by atoms with Crippen LogP contribution < -0.4 is 5.32 Å². The first kappa shape index (κ1) is 11.7. The Balaban J connectivity index is 1.75. The van der Waals surface area contributed by atoms with Crippen LogP contribution in [0.4, 0.5) is 10.6 Å². The van der Waals surface area contributed by atoms with Gasteiger partial charge >= 0.3 is 6.09 Å². The van der Waals surface area contributed by atoms with Gasteiger partial charge in [-0.15, -0.1) is 0 Å². The van der Waals surface area contributed by atoms with Gasteiger partial charge in [-0.05, 0) is 58.5 Å². The third-order valence-electron chi connectivity index (χ3n) is 4.24. The Morgan fingerprint density at radius 2 is 2.27 bits per heavy atom. The molecule has 2 aliphatic heterocycles. The third kappa shape index (κ3) is 3.03. The van der Waals surface area contributed by atoms with Gasteiger partial charge in [-0.25, -0.2) is 9.78 Å². The van der Waals surface area contributed by atoms with Crippen molar-refractivity contribution in [1.29, 1.82) is 0 Å².